The van der Waals surface area contributed by atoms with Crippen LogP contribution in [-0.2, 0) is 9.59 Å². The first-order valence-corrected chi connectivity index (χ1v) is 8.68. The highest BCUT2D eigenvalue weighted by atomic mass is 19.4. The van der Waals surface area contributed by atoms with Crippen molar-refractivity contribution in [2.45, 2.75) is 13.1 Å². The molecule has 1 heterocycles. The molecular formula is C20H19F3N4O4. The molecule has 0 fully saturated rings. The van der Waals surface area contributed by atoms with Crippen molar-refractivity contribution in [3.8, 4) is 17.1 Å². The van der Waals surface area contributed by atoms with Gasteiger partial charge in [-0.3, -0.25) is 9.59 Å². The normalized spacial score (nSPS) is 10.5. The summed E-state index contributed by atoms with van der Waals surface area (Å²) in [7, 11) is 1.49. The molecule has 0 spiro atoms. The monoisotopic (exact) mass is 436 g/mol. The van der Waals surface area contributed by atoms with Gasteiger partial charge in [0.2, 0.25) is 0 Å². The zero-order chi connectivity index (χ0) is 23.0. The Bertz CT molecular complexity index is 1030. The molecule has 11 heteroatoms. The fourth-order valence-corrected chi connectivity index (χ4v) is 2.31. The molecule has 164 valence electrons. The van der Waals surface area contributed by atoms with E-state index in [1.165, 1.54) is 13.5 Å². The Morgan fingerprint density at radius 1 is 1.06 bits per heavy atom. The van der Waals surface area contributed by atoms with Crippen molar-refractivity contribution in [2.24, 2.45) is 0 Å². The first-order valence-electron chi connectivity index (χ1n) is 8.68. The molecule has 3 aromatic rings. The van der Waals surface area contributed by atoms with Gasteiger partial charge in [-0.2, -0.15) is 13.2 Å². The summed E-state index contributed by atoms with van der Waals surface area (Å²) < 4.78 is 41.6. The van der Waals surface area contributed by atoms with E-state index in [1.54, 1.807) is 48.7 Å². The van der Waals surface area contributed by atoms with Gasteiger partial charge in [-0.15, -0.1) is 0 Å². The van der Waals surface area contributed by atoms with Gasteiger partial charge in [0.1, 0.15) is 5.75 Å². The first kappa shape index (κ1) is 23.3. The number of alkyl halides is 3. The van der Waals surface area contributed by atoms with Crippen LogP contribution in [0.25, 0.3) is 11.3 Å². The number of anilines is 3. The number of hydrogen-bond acceptors (Lipinski definition) is 6. The largest absolute Gasteiger partial charge is 0.496 e. The molecular weight excluding hydrogens is 417 g/mol. The van der Waals surface area contributed by atoms with E-state index in [4.69, 9.17) is 14.9 Å². The van der Waals surface area contributed by atoms with Crippen LogP contribution in [0.4, 0.5) is 30.2 Å². The van der Waals surface area contributed by atoms with Crippen LogP contribution in [0, 0.1) is 0 Å². The van der Waals surface area contributed by atoms with Gasteiger partial charge in [0, 0.05) is 30.1 Å². The van der Waals surface area contributed by atoms with E-state index >= 15 is 0 Å². The lowest BCUT2D eigenvalue weighted by Gasteiger charge is -2.10. The van der Waals surface area contributed by atoms with E-state index in [1.807, 2.05) is 0 Å². The third-order valence-corrected chi connectivity index (χ3v) is 3.51. The lowest BCUT2D eigenvalue weighted by Crippen LogP contribution is -2.29. The molecule has 0 saturated heterocycles. The number of oxazole rings is 1. The third kappa shape index (κ3) is 7.72. The molecule has 0 aliphatic rings. The van der Waals surface area contributed by atoms with Crippen LogP contribution in [0.5, 0.6) is 5.75 Å². The number of hydrogen-bond donors (Lipinski definition) is 3. The number of carbonyl (C=O) groups is 2. The number of nitrogens with one attached hydrogen (secondary N) is 2. The summed E-state index contributed by atoms with van der Waals surface area (Å²) in [6, 6.07) is 11.5. The SMILES string of the molecule is CC(F)(F)F.COc1cc(NC(=O)C(=O)Nc2cccc(N)c2)ccc1-c1cnco1. The van der Waals surface area contributed by atoms with Crippen molar-refractivity contribution < 1.29 is 31.9 Å². The third-order valence-electron chi connectivity index (χ3n) is 3.51. The Hall–Kier alpha value is -4.02. The van der Waals surface area contributed by atoms with E-state index in [0.717, 1.165) is 0 Å². The number of amides is 2. The number of aromatic nitrogens is 1. The second-order valence-corrected chi connectivity index (χ2v) is 6.10. The lowest BCUT2D eigenvalue weighted by atomic mass is 10.1. The van der Waals surface area contributed by atoms with Crippen LogP contribution in [0.15, 0.2) is 59.5 Å². The molecule has 4 N–H and O–H groups in total. The highest BCUT2D eigenvalue weighted by molar-refractivity contribution is 6.43. The van der Waals surface area contributed by atoms with Crippen LogP contribution >= 0.6 is 0 Å². The van der Waals surface area contributed by atoms with Crippen molar-refractivity contribution in [3.63, 3.8) is 0 Å². The van der Waals surface area contributed by atoms with Crippen molar-refractivity contribution in [3.05, 3.63) is 55.1 Å². The number of methoxy groups -OCH3 is 1. The van der Waals surface area contributed by atoms with Gasteiger partial charge in [0.25, 0.3) is 0 Å². The van der Waals surface area contributed by atoms with Gasteiger partial charge < -0.3 is 25.5 Å². The molecule has 0 saturated carbocycles. The highest BCUT2D eigenvalue weighted by Gasteiger charge is 2.17. The zero-order valence-electron chi connectivity index (χ0n) is 16.5. The van der Waals surface area contributed by atoms with Crippen molar-refractivity contribution in [1.29, 1.82) is 0 Å². The molecule has 0 bridgehead atoms. The molecule has 3 rings (SSSR count). The number of ether oxygens (including phenoxy) is 1. The van der Waals surface area contributed by atoms with Crippen LogP contribution in [0.3, 0.4) is 0 Å². The Kier molecular flexibility index (Phi) is 7.61. The van der Waals surface area contributed by atoms with E-state index in [2.05, 4.69) is 15.6 Å². The molecule has 0 atom stereocenters. The minimum atomic E-state index is -4.00. The first-order chi connectivity index (χ1) is 14.6. The number of benzene rings is 2. The van der Waals surface area contributed by atoms with Gasteiger partial charge in [0.15, 0.2) is 12.2 Å². The molecule has 0 aliphatic heterocycles. The molecule has 2 aromatic carbocycles. The van der Waals surface area contributed by atoms with Crippen molar-refractivity contribution in [2.75, 3.05) is 23.5 Å². The quantitative estimate of drug-likeness (QED) is 0.419. The Morgan fingerprint density at radius 2 is 1.68 bits per heavy atom. The average Bonchev–Trinajstić information content (AvgIpc) is 3.21. The topological polar surface area (TPSA) is 119 Å². The number of nitrogens with zero attached hydrogens (tertiary/aromatic N) is 1. The summed E-state index contributed by atoms with van der Waals surface area (Å²) in [5, 5.41) is 4.99. The summed E-state index contributed by atoms with van der Waals surface area (Å²) in [4.78, 5) is 28.0. The Morgan fingerprint density at radius 3 is 2.19 bits per heavy atom. The van der Waals surface area contributed by atoms with Crippen LogP contribution < -0.4 is 21.1 Å². The minimum Gasteiger partial charge on any atom is -0.496 e. The maximum Gasteiger partial charge on any atom is 0.386 e. The number of nitrogens with two attached hydrogens (primary N) is 1. The van der Waals surface area contributed by atoms with Crippen LogP contribution in [0.1, 0.15) is 6.92 Å². The van der Waals surface area contributed by atoms with E-state index in [9.17, 15) is 22.8 Å². The molecule has 0 radical (unpaired) electrons. The number of halogens is 3. The fraction of sp³-hybridized carbons (Fsp3) is 0.150. The highest BCUT2D eigenvalue weighted by Crippen LogP contribution is 2.32. The maximum atomic E-state index is 12.1. The number of rotatable bonds is 4. The summed E-state index contributed by atoms with van der Waals surface area (Å²) >= 11 is 0. The summed E-state index contributed by atoms with van der Waals surface area (Å²) in [6.45, 7) is 0.188. The van der Waals surface area contributed by atoms with Gasteiger partial charge in [-0.1, -0.05) is 6.07 Å². The standard InChI is InChI=1S/C18H16N4O4.C2H3F3/c1-25-15-8-13(5-6-14(15)16-9-20-10-26-16)22-18(24)17(23)21-12-4-2-3-11(19)7-12;1-2(3,4)5/h2-10H,19H2,1H3,(H,21,23)(H,22,24);1H3. The van der Waals surface area contributed by atoms with Gasteiger partial charge >= 0.3 is 18.0 Å². The molecule has 0 aliphatic carbocycles. The van der Waals surface area contributed by atoms with E-state index < -0.39 is 18.0 Å². The van der Waals surface area contributed by atoms with Crippen LogP contribution in [-0.4, -0.2) is 30.1 Å². The molecule has 2 amide bonds. The summed E-state index contributed by atoms with van der Waals surface area (Å²) in [5.74, 6) is -0.634. The Labute approximate surface area is 175 Å². The average molecular weight is 436 g/mol. The molecule has 8 nitrogen and oxygen atoms in total. The Balaban J connectivity index is 0.000000614. The lowest BCUT2D eigenvalue weighted by molar-refractivity contribution is -0.132. The predicted octanol–water partition coefficient (Wildman–Crippen LogP) is 4.08. The maximum absolute atomic E-state index is 12.1. The number of carbonyl (C=O) groups excluding carboxylic acids is 2. The van der Waals surface area contributed by atoms with Crippen molar-refractivity contribution >= 4 is 28.9 Å². The second kappa shape index (κ2) is 10.1. The zero-order valence-corrected chi connectivity index (χ0v) is 16.5. The minimum absolute atomic E-state index is 0.188. The van der Waals surface area contributed by atoms with E-state index in [-0.39, 0.29) is 6.92 Å². The molecule has 1 aromatic heterocycles. The smallest absolute Gasteiger partial charge is 0.386 e. The molecule has 31 heavy (non-hydrogen) atoms. The fourth-order valence-electron chi connectivity index (χ4n) is 2.31. The molecule has 0 unspecified atom stereocenters. The van der Waals surface area contributed by atoms with Gasteiger partial charge in [-0.25, -0.2) is 4.98 Å². The summed E-state index contributed by atoms with van der Waals surface area (Å²) in [6.07, 6.45) is -1.14. The van der Waals surface area contributed by atoms with Crippen molar-refractivity contribution in [1.82, 2.24) is 4.98 Å². The van der Waals surface area contributed by atoms with Crippen LogP contribution in [0.2, 0.25) is 0 Å². The van der Waals surface area contributed by atoms with Gasteiger partial charge in [0.05, 0.1) is 18.9 Å². The second-order valence-electron chi connectivity index (χ2n) is 6.10. The predicted molar refractivity (Wildman–Crippen MR) is 108 cm³/mol. The van der Waals surface area contributed by atoms with E-state index in [0.29, 0.717) is 34.1 Å². The summed E-state index contributed by atoms with van der Waals surface area (Å²) in [5.41, 5.74) is 7.63. The van der Waals surface area contributed by atoms with Gasteiger partial charge in [-0.05, 0) is 30.3 Å². The number of nitrogen functional groups attached to an aromatic ring is 1.